The standard InChI is InChI=1S/C49H50N8O7S/c58-47(54-65(61,62)44-26-42(57(59)60)45-48(53-44)63-30-34(52-45)23-31-7-2-1-3-8-31)40-15-14-35(25-43(40)64-37-24-33-16-19-50-46(33)51-29-37)55-21-17-49(18-22-55)27-36(28-49)56-20-6-11-41(56)39-10-5-4-9-38(39)32-12-13-32/h1-5,7-10,14-16,19,24-26,29,32,34,36,41,52H,6,11-13,17-18,20-23,27-28,30H2,(H,50,51)(H,54,58)/t34-,41-/m0/s1. The zero-order chi connectivity index (χ0) is 44.3. The van der Waals surface area contributed by atoms with Crippen LogP contribution in [0.3, 0.4) is 0 Å². The SMILES string of the molecule is O=C(NS(=O)(=O)c1cc([N+](=O)[O-])c2c(n1)OC[C@H](Cc1ccccc1)N2)c1ccc(N2CCC3(CC2)CC(N2CCC[C@H]2c2ccccc2C2CC2)C3)cc1Oc1cnc2[nH]ccc2c1. The van der Waals surface area contributed by atoms with Gasteiger partial charge in [0.15, 0.2) is 10.7 Å². The molecule has 11 rings (SSSR count). The summed E-state index contributed by atoms with van der Waals surface area (Å²) in [6, 6.07) is 29.1. The van der Waals surface area contributed by atoms with Crippen molar-refractivity contribution in [2.24, 2.45) is 5.41 Å². The quantitative estimate of drug-likeness (QED) is 0.0786. The van der Waals surface area contributed by atoms with E-state index in [1.165, 1.54) is 51.3 Å². The normalized spacial score (nSPS) is 20.7. The van der Waals surface area contributed by atoms with Crippen LogP contribution in [0.15, 0.2) is 108 Å². The van der Waals surface area contributed by atoms with Crippen molar-refractivity contribution in [2.45, 2.75) is 86.9 Å². The fraction of sp³-hybridized carbons (Fsp3) is 0.367. The summed E-state index contributed by atoms with van der Waals surface area (Å²) in [7, 11) is -4.75. The fourth-order valence-electron chi connectivity index (χ4n) is 10.7. The zero-order valence-corrected chi connectivity index (χ0v) is 36.6. The van der Waals surface area contributed by atoms with Gasteiger partial charge in [0.1, 0.15) is 23.8 Å². The first kappa shape index (κ1) is 41.2. The van der Waals surface area contributed by atoms with Crippen molar-refractivity contribution in [3.05, 3.63) is 136 Å². The summed E-state index contributed by atoms with van der Waals surface area (Å²) in [5, 5.41) is 15.5. The van der Waals surface area contributed by atoms with Crippen LogP contribution in [-0.2, 0) is 16.4 Å². The van der Waals surface area contributed by atoms with Gasteiger partial charge < -0.3 is 24.7 Å². The van der Waals surface area contributed by atoms with Crippen molar-refractivity contribution in [3.63, 3.8) is 0 Å². The molecule has 0 unspecified atom stereocenters. The molecule has 2 saturated heterocycles. The lowest BCUT2D eigenvalue weighted by molar-refractivity contribution is -0.384. The van der Waals surface area contributed by atoms with Crippen LogP contribution in [0.2, 0.25) is 0 Å². The van der Waals surface area contributed by atoms with Gasteiger partial charge in [-0.1, -0.05) is 54.6 Å². The number of nitro groups is 1. The van der Waals surface area contributed by atoms with Crippen LogP contribution < -0.4 is 24.4 Å². The van der Waals surface area contributed by atoms with Crippen LogP contribution in [0.25, 0.3) is 11.0 Å². The summed E-state index contributed by atoms with van der Waals surface area (Å²) in [5.41, 5.74) is 5.31. The number of H-pyrrole nitrogens is 1. The molecule has 2 atom stereocenters. The monoisotopic (exact) mass is 894 g/mol. The number of aromatic nitrogens is 3. The second-order valence-electron chi connectivity index (χ2n) is 18.4. The molecule has 2 aliphatic carbocycles. The number of amides is 1. The number of carbonyl (C=O) groups is 1. The Morgan fingerprint density at radius 2 is 1.74 bits per heavy atom. The number of hydrogen-bond acceptors (Lipinski definition) is 12. The summed E-state index contributed by atoms with van der Waals surface area (Å²) in [6.45, 7) is 2.93. The molecule has 3 N–H and O–H groups in total. The Morgan fingerprint density at radius 1 is 0.954 bits per heavy atom. The lowest BCUT2D eigenvalue weighted by Gasteiger charge is -2.56. The van der Waals surface area contributed by atoms with E-state index >= 15 is 0 Å². The first-order valence-electron chi connectivity index (χ1n) is 22.6. The van der Waals surface area contributed by atoms with Crippen LogP contribution in [0.1, 0.15) is 90.4 Å². The Balaban J connectivity index is 0.805. The van der Waals surface area contributed by atoms with Gasteiger partial charge in [-0.05, 0) is 117 Å². The molecule has 4 fully saturated rings. The van der Waals surface area contributed by atoms with Crippen molar-refractivity contribution >= 4 is 44.0 Å². The second kappa shape index (κ2) is 16.5. The number of ether oxygens (including phenoxy) is 2. The van der Waals surface area contributed by atoms with Crippen molar-refractivity contribution in [2.75, 3.05) is 36.5 Å². The minimum atomic E-state index is -4.75. The summed E-state index contributed by atoms with van der Waals surface area (Å²) in [4.78, 5) is 42.4. The van der Waals surface area contributed by atoms with Gasteiger partial charge in [0.2, 0.25) is 5.88 Å². The number of aromatic amines is 1. The Kier molecular flexibility index (Phi) is 10.4. The topological polar surface area (TPSA) is 185 Å². The Morgan fingerprint density at radius 3 is 2.52 bits per heavy atom. The number of likely N-dealkylation sites (tertiary alicyclic amines) is 1. The Hall–Kier alpha value is -6.52. The lowest BCUT2D eigenvalue weighted by atomic mass is 9.59. The third-order valence-corrected chi connectivity index (χ3v) is 15.4. The molecular formula is C49H50N8O7S. The molecule has 5 aliphatic rings. The number of hydrogen-bond donors (Lipinski definition) is 3. The van der Waals surface area contributed by atoms with Crippen molar-refractivity contribution in [1.29, 1.82) is 0 Å². The predicted molar refractivity (Wildman–Crippen MR) is 245 cm³/mol. The Labute approximate surface area is 376 Å². The van der Waals surface area contributed by atoms with Crippen LogP contribution in [0, 0.1) is 15.5 Å². The number of sulfonamides is 1. The number of nitrogens with one attached hydrogen (secondary N) is 3. The van der Waals surface area contributed by atoms with Crippen LogP contribution in [0.5, 0.6) is 17.4 Å². The van der Waals surface area contributed by atoms with Gasteiger partial charge in [-0.25, -0.2) is 9.71 Å². The highest BCUT2D eigenvalue weighted by Gasteiger charge is 2.50. The number of benzene rings is 3. The molecule has 334 valence electrons. The molecule has 65 heavy (non-hydrogen) atoms. The summed E-state index contributed by atoms with van der Waals surface area (Å²) in [5.74, 6) is -0.0170. The minimum absolute atomic E-state index is 0.0296. The van der Waals surface area contributed by atoms with Gasteiger partial charge in [-0.3, -0.25) is 19.8 Å². The largest absolute Gasteiger partial charge is 0.474 e. The summed E-state index contributed by atoms with van der Waals surface area (Å²) < 4.78 is 42.0. The van der Waals surface area contributed by atoms with E-state index in [-0.39, 0.29) is 35.5 Å². The van der Waals surface area contributed by atoms with Crippen LogP contribution in [-0.4, -0.2) is 77.4 Å². The molecule has 6 aromatic rings. The van der Waals surface area contributed by atoms with Gasteiger partial charge >= 0.3 is 5.69 Å². The fourth-order valence-corrected chi connectivity index (χ4v) is 11.6. The molecule has 6 heterocycles. The third kappa shape index (κ3) is 8.13. The summed E-state index contributed by atoms with van der Waals surface area (Å²) in [6.07, 6.45) is 13.4. The molecule has 16 heteroatoms. The molecule has 3 aromatic carbocycles. The molecule has 1 spiro atoms. The number of piperidine rings is 1. The molecule has 3 aliphatic heterocycles. The molecule has 1 amide bonds. The van der Waals surface area contributed by atoms with Gasteiger partial charge in [-0.2, -0.15) is 13.4 Å². The number of anilines is 2. The van der Waals surface area contributed by atoms with Gasteiger partial charge in [-0.15, -0.1) is 0 Å². The molecule has 0 bridgehead atoms. The first-order chi connectivity index (χ1) is 31.6. The number of pyridine rings is 2. The third-order valence-electron chi connectivity index (χ3n) is 14.2. The van der Waals surface area contributed by atoms with Crippen molar-refractivity contribution in [3.8, 4) is 17.4 Å². The lowest BCUT2D eigenvalue weighted by Crippen LogP contribution is -2.54. The zero-order valence-electron chi connectivity index (χ0n) is 35.8. The van der Waals surface area contributed by atoms with E-state index in [0.717, 1.165) is 54.6 Å². The highest BCUT2D eigenvalue weighted by atomic mass is 32.2. The van der Waals surface area contributed by atoms with Crippen molar-refractivity contribution < 1.29 is 27.6 Å². The van der Waals surface area contributed by atoms with Crippen molar-refractivity contribution in [1.82, 2.24) is 24.6 Å². The number of rotatable bonds is 12. The maximum absolute atomic E-state index is 14.1. The highest BCUT2D eigenvalue weighted by molar-refractivity contribution is 7.90. The van der Waals surface area contributed by atoms with E-state index in [4.69, 9.17) is 9.47 Å². The van der Waals surface area contributed by atoms with E-state index in [1.807, 2.05) is 42.5 Å². The van der Waals surface area contributed by atoms with Gasteiger partial charge in [0, 0.05) is 48.5 Å². The Bertz CT molecular complexity index is 2910. The van der Waals surface area contributed by atoms with E-state index in [9.17, 15) is 23.3 Å². The molecule has 2 saturated carbocycles. The maximum Gasteiger partial charge on any atom is 0.300 e. The average molecular weight is 895 g/mol. The highest BCUT2D eigenvalue weighted by Crippen LogP contribution is 2.55. The van der Waals surface area contributed by atoms with Gasteiger partial charge in [0.25, 0.3) is 15.9 Å². The van der Waals surface area contributed by atoms with E-state index in [0.29, 0.717) is 35.3 Å². The average Bonchev–Trinajstić information content (AvgIpc) is 3.85. The number of fused-ring (bicyclic) bond motifs is 2. The molecule has 0 radical (unpaired) electrons. The molecule has 15 nitrogen and oxygen atoms in total. The van der Waals surface area contributed by atoms with E-state index < -0.39 is 31.6 Å². The minimum Gasteiger partial charge on any atom is -0.474 e. The molecule has 3 aromatic heterocycles. The van der Waals surface area contributed by atoms with Crippen LogP contribution in [0.4, 0.5) is 17.1 Å². The smallest absolute Gasteiger partial charge is 0.300 e. The second-order valence-corrected chi connectivity index (χ2v) is 20.0. The molecular weight excluding hydrogens is 845 g/mol. The predicted octanol–water partition coefficient (Wildman–Crippen LogP) is 8.66. The van der Waals surface area contributed by atoms with E-state index in [1.54, 1.807) is 35.5 Å². The van der Waals surface area contributed by atoms with Gasteiger partial charge in [0.05, 0.1) is 28.8 Å². The van der Waals surface area contributed by atoms with E-state index in [2.05, 4.69) is 59.1 Å². The first-order valence-corrected chi connectivity index (χ1v) is 24.1. The van der Waals surface area contributed by atoms with Crippen LogP contribution >= 0.6 is 0 Å². The number of nitrogens with zero attached hydrogens (tertiary/aromatic N) is 5. The number of carbonyl (C=O) groups excluding carboxylic acids is 1. The maximum atomic E-state index is 14.1. The summed E-state index contributed by atoms with van der Waals surface area (Å²) >= 11 is 0.